The molecule has 2 aliphatic rings. The van der Waals surface area contributed by atoms with Gasteiger partial charge in [-0.15, -0.1) is 0 Å². The van der Waals surface area contributed by atoms with Crippen LogP contribution in [0.1, 0.15) is 39.0 Å². The molecule has 0 radical (unpaired) electrons. The number of hydrogen-bond acceptors (Lipinski definition) is 2. The van der Waals surface area contributed by atoms with Gasteiger partial charge >= 0.3 is 0 Å². The molecule has 2 saturated heterocycles. The number of nitrogens with one attached hydrogen (secondary N) is 1. The molecular weight excluding hydrogens is 338 g/mol. The van der Waals surface area contributed by atoms with Crippen LogP contribution in [-0.2, 0) is 0 Å². The Hall–Kier alpha value is -0.680. The second kappa shape index (κ2) is 6.21. The Bertz CT molecular complexity index is 509. The molecule has 0 spiro atoms. The van der Waals surface area contributed by atoms with Gasteiger partial charge in [0.1, 0.15) is 11.6 Å². The average molecular weight is 359 g/mol. The van der Waals surface area contributed by atoms with Crippen LogP contribution in [0.5, 0.6) is 0 Å². The summed E-state index contributed by atoms with van der Waals surface area (Å²) in [5.74, 6) is -0.988. The monoisotopic (exact) mass is 358 g/mol. The molecule has 2 atom stereocenters. The molecule has 116 valence electrons. The predicted molar refractivity (Wildman–Crippen MR) is 84.7 cm³/mol. The third-order valence-electron chi connectivity index (χ3n) is 4.74. The van der Waals surface area contributed by atoms with Crippen molar-refractivity contribution in [3.8, 4) is 0 Å². The van der Waals surface area contributed by atoms with Gasteiger partial charge in [0.2, 0.25) is 0 Å². The maximum absolute atomic E-state index is 14.2. The number of halogens is 3. The maximum atomic E-state index is 14.2. The van der Waals surface area contributed by atoms with Crippen molar-refractivity contribution in [2.45, 2.75) is 57.2 Å². The van der Waals surface area contributed by atoms with E-state index in [2.05, 4.69) is 33.1 Å². The fourth-order valence-electron chi connectivity index (χ4n) is 3.94. The minimum atomic E-state index is -0.538. The van der Waals surface area contributed by atoms with Crippen LogP contribution in [-0.4, -0.2) is 24.7 Å². The number of piperidine rings is 2. The average Bonchev–Trinajstić information content (AvgIpc) is 2.42. The molecule has 2 aliphatic heterocycles. The third kappa shape index (κ3) is 2.95. The topological polar surface area (TPSA) is 15.3 Å². The van der Waals surface area contributed by atoms with Gasteiger partial charge in [0.25, 0.3) is 0 Å². The molecular formula is C16H21BrF2N2. The van der Waals surface area contributed by atoms with Crippen LogP contribution in [0, 0.1) is 11.6 Å². The highest BCUT2D eigenvalue weighted by Crippen LogP contribution is 2.40. The summed E-state index contributed by atoms with van der Waals surface area (Å²) in [6, 6.07) is 3.82. The van der Waals surface area contributed by atoms with E-state index in [0.29, 0.717) is 28.3 Å². The molecule has 2 nitrogen and oxygen atoms in total. The molecule has 0 aliphatic carbocycles. The lowest BCUT2D eigenvalue weighted by molar-refractivity contribution is 0.245. The normalized spacial score (nSPS) is 28.8. The molecule has 0 aromatic heterocycles. The van der Waals surface area contributed by atoms with E-state index in [-0.39, 0.29) is 0 Å². The van der Waals surface area contributed by atoms with Crippen LogP contribution < -0.4 is 10.2 Å². The van der Waals surface area contributed by atoms with Gasteiger partial charge in [0.05, 0.1) is 10.2 Å². The molecule has 2 bridgehead atoms. The molecule has 1 N–H and O–H groups in total. The van der Waals surface area contributed by atoms with Crippen molar-refractivity contribution in [3.63, 3.8) is 0 Å². The highest BCUT2D eigenvalue weighted by atomic mass is 79.9. The maximum Gasteiger partial charge on any atom is 0.149 e. The summed E-state index contributed by atoms with van der Waals surface area (Å²) in [5, 5.41) is 3.53. The highest BCUT2D eigenvalue weighted by molar-refractivity contribution is 9.10. The van der Waals surface area contributed by atoms with E-state index in [0.717, 1.165) is 38.3 Å². The fraction of sp³-hybridized carbons (Fsp3) is 0.625. The van der Waals surface area contributed by atoms with E-state index < -0.39 is 11.6 Å². The SMILES string of the molecule is CCNC1CC2CCCC(C1)N2c1cc(Br)c(F)cc1F. The van der Waals surface area contributed by atoms with Gasteiger partial charge in [-0.25, -0.2) is 8.78 Å². The number of fused-ring (bicyclic) bond motifs is 2. The van der Waals surface area contributed by atoms with Crippen molar-refractivity contribution in [2.24, 2.45) is 0 Å². The first-order valence-corrected chi connectivity index (χ1v) is 8.55. The van der Waals surface area contributed by atoms with Crippen molar-refractivity contribution in [2.75, 3.05) is 11.4 Å². The minimum Gasteiger partial charge on any atom is -0.363 e. The molecule has 0 amide bonds. The van der Waals surface area contributed by atoms with Crippen LogP contribution in [0.4, 0.5) is 14.5 Å². The van der Waals surface area contributed by atoms with E-state index >= 15 is 0 Å². The molecule has 0 saturated carbocycles. The van der Waals surface area contributed by atoms with Crippen molar-refractivity contribution >= 4 is 21.6 Å². The summed E-state index contributed by atoms with van der Waals surface area (Å²) in [6.07, 6.45) is 5.46. The van der Waals surface area contributed by atoms with E-state index in [9.17, 15) is 8.78 Å². The lowest BCUT2D eigenvalue weighted by atomic mass is 9.81. The first-order chi connectivity index (χ1) is 10.1. The molecule has 1 aromatic rings. The zero-order chi connectivity index (χ0) is 15.0. The minimum absolute atomic E-state index is 0.339. The van der Waals surface area contributed by atoms with Gasteiger partial charge < -0.3 is 10.2 Å². The van der Waals surface area contributed by atoms with E-state index in [1.54, 1.807) is 6.07 Å². The number of anilines is 1. The van der Waals surface area contributed by atoms with Crippen molar-refractivity contribution in [3.05, 3.63) is 28.2 Å². The van der Waals surface area contributed by atoms with Crippen molar-refractivity contribution in [1.29, 1.82) is 0 Å². The lowest BCUT2D eigenvalue weighted by Crippen LogP contribution is -2.56. The smallest absolute Gasteiger partial charge is 0.149 e. The first kappa shape index (κ1) is 15.2. The first-order valence-electron chi connectivity index (χ1n) is 7.76. The van der Waals surface area contributed by atoms with Gasteiger partial charge in [0, 0.05) is 24.2 Å². The quantitative estimate of drug-likeness (QED) is 0.813. The molecule has 1 aromatic carbocycles. The van der Waals surface area contributed by atoms with Gasteiger partial charge in [-0.2, -0.15) is 0 Å². The number of rotatable bonds is 3. The molecule has 5 heteroatoms. The second-order valence-corrected chi connectivity index (χ2v) is 6.94. The summed E-state index contributed by atoms with van der Waals surface area (Å²) >= 11 is 3.18. The van der Waals surface area contributed by atoms with Crippen LogP contribution >= 0.6 is 15.9 Å². The summed E-state index contributed by atoms with van der Waals surface area (Å²) < 4.78 is 28.1. The number of benzene rings is 1. The Morgan fingerprint density at radius 3 is 2.48 bits per heavy atom. The molecule has 21 heavy (non-hydrogen) atoms. The van der Waals surface area contributed by atoms with Gasteiger partial charge in [-0.05, 0) is 60.6 Å². The Kier molecular flexibility index (Phi) is 4.50. The van der Waals surface area contributed by atoms with Crippen molar-refractivity contribution in [1.82, 2.24) is 5.32 Å². The zero-order valence-electron chi connectivity index (χ0n) is 12.2. The largest absolute Gasteiger partial charge is 0.363 e. The van der Waals surface area contributed by atoms with Crippen molar-refractivity contribution < 1.29 is 8.78 Å². The van der Waals surface area contributed by atoms with Gasteiger partial charge in [-0.3, -0.25) is 0 Å². The summed E-state index contributed by atoms with van der Waals surface area (Å²) in [7, 11) is 0. The zero-order valence-corrected chi connectivity index (χ0v) is 13.8. The molecule has 2 unspecified atom stereocenters. The van der Waals surface area contributed by atoms with Gasteiger partial charge in [0.15, 0.2) is 0 Å². The Labute approximate surface area is 133 Å². The van der Waals surface area contributed by atoms with Crippen LogP contribution in [0.3, 0.4) is 0 Å². The van der Waals surface area contributed by atoms with E-state index in [1.807, 2.05) is 0 Å². The molecule has 2 heterocycles. The van der Waals surface area contributed by atoms with Crippen LogP contribution in [0.15, 0.2) is 16.6 Å². The van der Waals surface area contributed by atoms with Crippen LogP contribution in [0.2, 0.25) is 0 Å². The Balaban J connectivity index is 1.90. The Morgan fingerprint density at radius 1 is 1.19 bits per heavy atom. The van der Waals surface area contributed by atoms with Crippen LogP contribution in [0.25, 0.3) is 0 Å². The summed E-state index contributed by atoms with van der Waals surface area (Å²) in [6.45, 7) is 3.10. The highest BCUT2D eigenvalue weighted by Gasteiger charge is 2.39. The molecule has 3 rings (SSSR count). The summed E-state index contributed by atoms with van der Waals surface area (Å²) in [5.41, 5.74) is 0.549. The second-order valence-electron chi connectivity index (χ2n) is 6.09. The summed E-state index contributed by atoms with van der Waals surface area (Å²) in [4.78, 5) is 2.21. The standard InChI is InChI=1S/C16H21BrF2N2/c1-2-20-10-6-11-4-3-5-12(7-10)21(11)16-8-13(17)14(18)9-15(16)19/h8-12,20H,2-7H2,1H3. The lowest BCUT2D eigenvalue weighted by Gasteiger charge is -2.50. The van der Waals surface area contributed by atoms with E-state index in [4.69, 9.17) is 0 Å². The third-order valence-corrected chi connectivity index (χ3v) is 5.34. The fourth-order valence-corrected chi connectivity index (χ4v) is 4.27. The predicted octanol–water partition coefficient (Wildman–Crippen LogP) is 4.23. The Morgan fingerprint density at radius 2 is 1.86 bits per heavy atom. The van der Waals surface area contributed by atoms with Gasteiger partial charge in [-0.1, -0.05) is 6.92 Å². The number of hydrogen-bond donors (Lipinski definition) is 1. The molecule has 2 fully saturated rings. The number of nitrogens with zero attached hydrogens (tertiary/aromatic N) is 1. The van der Waals surface area contributed by atoms with E-state index in [1.165, 1.54) is 6.42 Å².